The van der Waals surface area contributed by atoms with Gasteiger partial charge in [0.05, 0.1) is 12.7 Å². The lowest BCUT2D eigenvalue weighted by molar-refractivity contribution is 0.0975. The molecule has 1 heterocycles. The highest BCUT2D eigenvalue weighted by atomic mass is 16.5. The Labute approximate surface area is 159 Å². The van der Waals surface area contributed by atoms with Gasteiger partial charge in [0.15, 0.2) is 0 Å². The van der Waals surface area contributed by atoms with Gasteiger partial charge in [-0.05, 0) is 53.9 Å². The Hall–Kier alpha value is -3.27. The molecule has 1 amide bonds. The zero-order valence-electron chi connectivity index (χ0n) is 15.5. The smallest absolute Gasteiger partial charge is 0.262 e. The number of carbonyl (C=O) groups excluding carboxylic acids is 1. The van der Waals surface area contributed by atoms with Crippen LogP contribution in [0.2, 0.25) is 0 Å². The summed E-state index contributed by atoms with van der Waals surface area (Å²) in [6.45, 7) is 2.14. The summed E-state index contributed by atoms with van der Waals surface area (Å²) in [4.78, 5) is 15.1. The van der Waals surface area contributed by atoms with E-state index in [1.54, 1.807) is 7.11 Å². The molecule has 3 aromatic rings. The minimum atomic E-state index is -0.272. The molecule has 1 atom stereocenters. The lowest BCUT2D eigenvalue weighted by Gasteiger charge is -2.38. The monoisotopic (exact) mass is 358 g/mol. The van der Waals surface area contributed by atoms with Gasteiger partial charge in [0, 0.05) is 11.4 Å². The third kappa shape index (κ3) is 3.14. The molecule has 1 aliphatic rings. The van der Waals surface area contributed by atoms with Gasteiger partial charge in [-0.15, -0.1) is 0 Å². The average Bonchev–Trinajstić information content (AvgIpc) is 2.74. The normalized spacial score (nSPS) is 15.9. The Balaban J connectivity index is 1.80. The highest BCUT2D eigenvalue weighted by Gasteiger charge is 2.33. The summed E-state index contributed by atoms with van der Waals surface area (Å²) in [6, 6.07) is 23.6. The van der Waals surface area contributed by atoms with Crippen LogP contribution in [0, 0.1) is 0 Å². The maximum atomic E-state index is 13.3. The van der Waals surface area contributed by atoms with Gasteiger partial charge in [-0.1, -0.05) is 43.3 Å². The topological polar surface area (TPSA) is 41.6 Å². The number of para-hydroxylation sites is 1. The molecular weight excluding hydrogens is 336 g/mol. The molecule has 0 aliphatic carbocycles. The number of amides is 1. The number of methoxy groups -OCH3 is 1. The van der Waals surface area contributed by atoms with Crippen LogP contribution in [0.25, 0.3) is 0 Å². The van der Waals surface area contributed by atoms with Crippen LogP contribution >= 0.6 is 0 Å². The van der Waals surface area contributed by atoms with Gasteiger partial charge in [0.2, 0.25) is 0 Å². The van der Waals surface area contributed by atoms with E-state index in [2.05, 4.69) is 36.5 Å². The Morgan fingerprint density at radius 2 is 1.67 bits per heavy atom. The lowest BCUT2D eigenvalue weighted by Crippen LogP contribution is -2.43. The second kappa shape index (κ2) is 7.16. The molecule has 1 aliphatic heterocycles. The van der Waals surface area contributed by atoms with E-state index in [0.717, 1.165) is 29.1 Å². The van der Waals surface area contributed by atoms with Gasteiger partial charge in [0.25, 0.3) is 5.91 Å². The molecule has 4 rings (SSSR count). The molecule has 4 nitrogen and oxygen atoms in total. The zero-order valence-corrected chi connectivity index (χ0v) is 15.5. The van der Waals surface area contributed by atoms with Crippen LogP contribution in [0.4, 0.5) is 11.4 Å². The zero-order chi connectivity index (χ0) is 18.8. The van der Waals surface area contributed by atoms with Crippen molar-refractivity contribution in [3.63, 3.8) is 0 Å². The molecule has 1 N–H and O–H groups in total. The van der Waals surface area contributed by atoms with Crippen LogP contribution in [0.3, 0.4) is 0 Å². The maximum absolute atomic E-state index is 13.3. The lowest BCUT2D eigenvalue weighted by atomic mass is 10.0. The molecular formula is C23H22N2O2. The van der Waals surface area contributed by atoms with Gasteiger partial charge in [-0.2, -0.15) is 0 Å². The number of carbonyl (C=O) groups is 1. The second-order valence-corrected chi connectivity index (χ2v) is 6.56. The van der Waals surface area contributed by atoms with E-state index in [-0.39, 0.29) is 12.1 Å². The van der Waals surface area contributed by atoms with Crippen molar-refractivity contribution in [2.75, 3.05) is 17.3 Å². The largest absolute Gasteiger partial charge is 0.497 e. The predicted molar refractivity (Wildman–Crippen MR) is 108 cm³/mol. The van der Waals surface area contributed by atoms with E-state index < -0.39 is 0 Å². The number of anilines is 2. The number of nitrogens with zero attached hydrogens (tertiary/aromatic N) is 1. The van der Waals surface area contributed by atoms with E-state index in [0.29, 0.717) is 5.56 Å². The number of benzene rings is 3. The Kier molecular flexibility index (Phi) is 4.55. The highest BCUT2D eigenvalue weighted by molar-refractivity contribution is 6.12. The Bertz CT molecular complexity index is 949. The second-order valence-electron chi connectivity index (χ2n) is 6.56. The summed E-state index contributed by atoms with van der Waals surface area (Å²) < 4.78 is 5.26. The molecule has 4 heteroatoms. The van der Waals surface area contributed by atoms with Gasteiger partial charge in [0.1, 0.15) is 11.9 Å². The van der Waals surface area contributed by atoms with Crippen molar-refractivity contribution < 1.29 is 9.53 Å². The summed E-state index contributed by atoms with van der Waals surface area (Å²) in [5.74, 6) is 0.750. The van der Waals surface area contributed by atoms with Crippen LogP contribution in [0.1, 0.15) is 34.6 Å². The van der Waals surface area contributed by atoms with E-state index in [4.69, 9.17) is 4.74 Å². The summed E-state index contributed by atoms with van der Waals surface area (Å²) in [5, 5.41) is 3.53. The number of aryl methyl sites for hydroxylation is 1. The highest BCUT2D eigenvalue weighted by Crippen LogP contribution is 2.37. The summed E-state index contributed by atoms with van der Waals surface area (Å²) >= 11 is 0. The van der Waals surface area contributed by atoms with Gasteiger partial charge >= 0.3 is 0 Å². The van der Waals surface area contributed by atoms with Crippen molar-refractivity contribution in [2.45, 2.75) is 19.5 Å². The molecule has 0 bridgehead atoms. The molecule has 0 spiro atoms. The molecule has 27 heavy (non-hydrogen) atoms. The van der Waals surface area contributed by atoms with E-state index in [9.17, 15) is 4.79 Å². The first-order valence-electron chi connectivity index (χ1n) is 9.13. The van der Waals surface area contributed by atoms with Crippen molar-refractivity contribution in [3.8, 4) is 5.75 Å². The molecule has 0 fully saturated rings. The third-order valence-electron chi connectivity index (χ3n) is 4.98. The van der Waals surface area contributed by atoms with Crippen molar-refractivity contribution in [1.29, 1.82) is 0 Å². The first-order chi connectivity index (χ1) is 13.2. The molecule has 136 valence electrons. The average molecular weight is 358 g/mol. The standard InChI is InChI=1S/C23H22N2O2/c1-3-16-8-10-17(11-9-16)22-24-21-7-5-4-6-20(21)23(26)25(22)18-12-14-19(27-2)15-13-18/h4-15,22,24H,3H2,1-2H3/t22-/m1/s1. The number of hydrogen-bond acceptors (Lipinski definition) is 3. The number of ether oxygens (including phenoxy) is 1. The van der Waals surface area contributed by atoms with E-state index >= 15 is 0 Å². The molecule has 0 saturated carbocycles. The quantitative estimate of drug-likeness (QED) is 0.711. The molecule has 0 unspecified atom stereocenters. The number of hydrogen-bond donors (Lipinski definition) is 1. The Morgan fingerprint density at radius 3 is 2.33 bits per heavy atom. The molecule has 0 saturated heterocycles. The fourth-order valence-corrected chi connectivity index (χ4v) is 3.43. The predicted octanol–water partition coefficient (Wildman–Crippen LogP) is 5.03. The van der Waals surface area contributed by atoms with Crippen LogP contribution in [-0.2, 0) is 6.42 Å². The van der Waals surface area contributed by atoms with Crippen molar-refractivity contribution >= 4 is 17.3 Å². The SMILES string of the molecule is CCc1ccc([C@@H]2Nc3ccccc3C(=O)N2c2ccc(OC)cc2)cc1. The minimum Gasteiger partial charge on any atom is -0.497 e. The van der Waals surface area contributed by atoms with Crippen LogP contribution in [-0.4, -0.2) is 13.0 Å². The number of rotatable bonds is 4. The van der Waals surface area contributed by atoms with Crippen molar-refractivity contribution in [3.05, 3.63) is 89.5 Å². The van der Waals surface area contributed by atoms with E-state index in [1.807, 2.05) is 53.4 Å². The third-order valence-corrected chi connectivity index (χ3v) is 4.98. The first-order valence-corrected chi connectivity index (χ1v) is 9.13. The van der Waals surface area contributed by atoms with Gasteiger partial charge in [-0.3, -0.25) is 9.69 Å². The van der Waals surface area contributed by atoms with Crippen molar-refractivity contribution in [1.82, 2.24) is 0 Å². The van der Waals surface area contributed by atoms with Gasteiger partial charge in [-0.25, -0.2) is 0 Å². The fraction of sp³-hybridized carbons (Fsp3) is 0.174. The summed E-state index contributed by atoms with van der Waals surface area (Å²) in [5.41, 5.74) is 4.68. The minimum absolute atomic E-state index is 0.0147. The van der Waals surface area contributed by atoms with Crippen LogP contribution in [0.5, 0.6) is 5.75 Å². The molecule has 0 radical (unpaired) electrons. The van der Waals surface area contributed by atoms with Crippen LogP contribution < -0.4 is 15.0 Å². The number of nitrogens with one attached hydrogen (secondary N) is 1. The fourth-order valence-electron chi connectivity index (χ4n) is 3.43. The van der Waals surface area contributed by atoms with E-state index in [1.165, 1.54) is 5.56 Å². The Morgan fingerprint density at radius 1 is 0.963 bits per heavy atom. The first kappa shape index (κ1) is 17.2. The number of fused-ring (bicyclic) bond motifs is 1. The van der Waals surface area contributed by atoms with Gasteiger partial charge < -0.3 is 10.1 Å². The van der Waals surface area contributed by atoms with Crippen molar-refractivity contribution in [2.24, 2.45) is 0 Å². The molecule has 0 aromatic heterocycles. The molecule has 3 aromatic carbocycles. The summed E-state index contributed by atoms with van der Waals surface area (Å²) in [6.07, 6.45) is 0.717. The summed E-state index contributed by atoms with van der Waals surface area (Å²) in [7, 11) is 1.64. The van der Waals surface area contributed by atoms with Crippen LogP contribution in [0.15, 0.2) is 72.8 Å². The maximum Gasteiger partial charge on any atom is 0.262 e.